The van der Waals surface area contributed by atoms with Gasteiger partial charge in [-0.3, -0.25) is 9.59 Å². The van der Waals surface area contributed by atoms with Gasteiger partial charge < -0.3 is 15.4 Å². The molecule has 27 heavy (non-hydrogen) atoms. The van der Waals surface area contributed by atoms with Crippen LogP contribution in [0.15, 0.2) is 46.9 Å². The van der Waals surface area contributed by atoms with Crippen molar-refractivity contribution in [1.82, 2.24) is 0 Å². The average molecular weight is 445 g/mol. The van der Waals surface area contributed by atoms with Gasteiger partial charge in [0.2, 0.25) is 5.91 Å². The summed E-state index contributed by atoms with van der Waals surface area (Å²) in [6.45, 7) is 3.47. The molecule has 0 heterocycles. The lowest BCUT2D eigenvalue weighted by atomic mass is 10.0. The first-order valence-corrected chi connectivity index (χ1v) is 8.58. The Morgan fingerprint density at radius 3 is 2.19 bits per heavy atom. The average Bonchev–Trinajstić information content (AvgIpc) is 2.54. The monoisotopic (exact) mass is 444 g/mol. The molecule has 0 bridgehead atoms. The maximum absolute atomic E-state index is 13.1. The third kappa shape index (κ3) is 5.00. The second kappa shape index (κ2) is 7.99. The van der Waals surface area contributed by atoms with Crippen LogP contribution in [0, 0.1) is 0 Å². The molecule has 0 aliphatic carbocycles. The molecule has 0 saturated carbocycles. The van der Waals surface area contributed by atoms with E-state index in [0.29, 0.717) is 10.2 Å². The minimum Gasteiger partial charge on any atom is -0.406 e. The summed E-state index contributed by atoms with van der Waals surface area (Å²) >= 11 is 3.25. The van der Waals surface area contributed by atoms with Crippen LogP contribution in [0.3, 0.4) is 0 Å². The number of hydrogen-bond donors (Lipinski definition) is 1. The number of carbonyl (C=O) groups excluding carboxylic acids is 2. The van der Waals surface area contributed by atoms with Crippen molar-refractivity contribution in [1.29, 1.82) is 0 Å². The molecular weight excluding hydrogens is 429 g/mol. The van der Waals surface area contributed by atoms with Crippen LogP contribution < -0.4 is 15.4 Å². The lowest BCUT2D eigenvalue weighted by molar-refractivity contribution is -0.274. The largest absolute Gasteiger partial charge is 0.573 e. The highest BCUT2D eigenvalue weighted by molar-refractivity contribution is 9.10. The number of carbonyl (C=O) groups is 2. The molecule has 5 nitrogen and oxygen atoms in total. The Labute approximate surface area is 162 Å². The highest BCUT2D eigenvalue weighted by atomic mass is 79.9. The fourth-order valence-electron chi connectivity index (χ4n) is 2.53. The zero-order valence-corrected chi connectivity index (χ0v) is 16.0. The molecule has 0 fully saturated rings. The van der Waals surface area contributed by atoms with Crippen molar-refractivity contribution in [2.75, 3.05) is 4.90 Å². The van der Waals surface area contributed by atoms with Crippen molar-refractivity contribution in [3.8, 4) is 5.75 Å². The minimum atomic E-state index is -4.81. The SMILES string of the molecule is CC(C)N(C(=O)c1c(Br)cccc1C(N)=O)c1ccc(OC(F)(F)F)cc1. The second-order valence-electron chi connectivity index (χ2n) is 5.84. The maximum Gasteiger partial charge on any atom is 0.573 e. The lowest BCUT2D eigenvalue weighted by Crippen LogP contribution is -2.38. The van der Waals surface area contributed by atoms with Crippen LogP contribution in [0.5, 0.6) is 5.75 Å². The standard InChI is InChI=1S/C18H16BrF3N2O3/c1-10(2)24(11-6-8-12(9-7-11)27-18(20,21)22)17(26)15-13(16(23)25)4-3-5-14(15)19/h3-10H,1-2H3,(H2,23,25). The van der Waals surface area contributed by atoms with E-state index in [-0.39, 0.29) is 17.2 Å². The zero-order valence-electron chi connectivity index (χ0n) is 14.4. The fourth-order valence-corrected chi connectivity index (χ4v) is 3.06. The Hall–Kier alpha value is -2.55. The van der Waals surface area contributed by atoms with Crippen molar-refractivity contribution >= 4 is 33.4 Å². The molecule has 2 aromatic carbocycles. The van der Waals surface area contributed by atoms with Crippen molar-refractivity contribution < 1.29 is 27.5 Å². The molecular formula is C18H16BrF3N2O3. The van der Waals surface area contributed by atoms with E-state index in [0.717, 1.165) is 12.1 Å². The van der Waals surface area contributed by atoms with Crippen LogP contribution in [0.4, 0.5) is 18.9 Å². The third-order valence-electron chi connectivity index (χ3n) is 3.58. The molecule has 0 aromatic heterocycles. The molecule has 2 N–H and O–H groups in total. The van der Waals surface area contributed by atoms with Gasteiger partial charge in [-0.15, -0.1) is 13.2 Å². The number of ether oxygens (including phenoxy) is 1. The van der Waals surface area contributed by atoms with Gasteiger partial charge in [0, 0.05) is 16.2 Å². The number of nitrogens with zero attached hydrogens (tertiary/aromatic N) is 1. The number of anilines is 1. The molecule has 0 unspecified atom stereocenters. The first kappa shape index (κ1) is 20.8. The quantitative estimate of drug-likeness (QED) is 0.737. The molecule has 9 heteroatoms. The van der Waals surface area contributed by atoms with Crippen LogP contribution in [-0.2, 0) is 0 Å². The summed E-state index contributed by atoms with van der Waals surface area (Å²) in [5.74, 6) is -1.69. The van der Waals surface area contributed by atoms with Crippen LogP contribution >= 0.6 is 15.9 Å². The Morgan fingerprint density at radius 1 is 1.11 bits per heavy atom. The first-order valence-electron chi connectivity index (χ1n) is 7.79. The van der Waals surface area contributed by atoms with Gasteiger partial charge in [0.25, 0.3) is 5.91 Å². The fraction of sp³-hybridized carbons (Fsp3) is 0.222. The number of rotatable bonds is 5. The molecule has 0 radical (unpaired) electrons. The summed E-state index contributed by atoms with van der Waals surface area (Å²) in [7, 11) is 0. The molecule has 0 aliphatic heterocycles. The van der Waals surface area contributed by atoms with Gasteiger partial charge in [-0.05, 0) is 66.2 Å². The van der Waals surface area contributed by atoms with E-state index >= 15 is 0 Å². The van der Waals surface area contributed by atoms with Gasteiger partial charge in [-0.25, -0.2) is 0 Å². The van der Waals surface area contributed by atoms with Crippen molar-refractivity contribution in [2.45, 2.75) is 26.3 Å². The zero-order chi connectivity index (χ0) is 20.4. The van der Waals surface area contributed by atoms with Crippen LogP contribution in [-0.4, -0.2) is 24.2 Å². The first-order chi connectivity index (χ1) is 12.5. The van der Waals surface area contributed by atoms with E-state index in [1.807, 2.05) is 0 Å². The summed E-state index contributed by atoms with van der Waals surface area (Å²) in [4.78, 5) is 26.2. The molecule has 2 amide bonds. The van der Waals surface area contributed by atoms with E-state index in [4.69, 9.17) is 5.73 Å². The number of alkyl halides is 3. The number of amides is 2. The smallest absolute Gasteiger partial charge is 0.406 e. The predicted octanol–water partition coefficient (Wildman–Crippen LogP) is 4.50. The van der Waals surface area contributed by atoms with Crippen LogP contribution in [0.1, 0.15) is 34.6 Å². The molecule has 2 rings (SSSR count). The molecule has 0 spiro atoms. The number of benzene rings is 2. The number of primary amides is 1. The number of halogens is 4. The minimum absolute atomic E-state index is 0.0389. The van der Waals surface area contributed by atoms with Gasteiger partial charge in [0.15, 0.2) is 0 Å². The van der Waals surface area contributed by atoms with Crippen LogP contribution in [0.25, 0.3) is 0 Å². The molecule has 2 aromatic rings. The van der Waals surface area contributed by atoms with Gasteiger partial charge in [-0.1, -0.05) is 6.07 Å². The van der Waals surface area contributed by atoms with Crippen molar-refractivity contribution in [3.05, 3.63) is 58.1 Å². The lowest BCUT2D eigenvalue weighted by Gasteiger charge is -2.28. The number of nitrogens with two attached hydrogens (primary N) is 1. The third-order valence-corrected chi connectivity index (χ3v) is 4.24. The Kier molecular flexibility index (Phi) is 6.15. The topological polar surface area (TPSA) is 72.6 Å². The van der Waals surface area contributed by atoms with E-state index < -0.39 is 23.9 Å². The Morgan fingerprint density at radius 2 is 1.70 bits per heavy atom. The molecule has 0 aliphatic rings. The van der Waals surface area contributed by atoms with Crippen molar-refractivity contribution in [2.24, 2.45) is 5.73 Å². The Balaban J connectivity index is 2.44. The molecule has 144 valence electrons. The van der Waals surface area contributed by atoms with Gasteiger partial charge >= 0.3 is 6.36 Å². The normalized spacial score (nSPS) is 11.4. The summed E-state index contributed by atoms with van der Waals surface area (Å²) < 4.78 is 41.1. The molecule has 0 saturated heterocycles. The Bertz CT molecular complexity index is 852. The highest BCUT2D eigenvalue weighted by Crippen LogP contribution is 2.29. The van der Waals surface area contributed by atoms with E-state index in [1.54, 1.807) is 26.0 Å². The van der Waals surface area contributed by atoms with Gasteiger partial charge in [0.05, 0.1) is 11.1 Å². The summed E-state index contributed by atoms with van der Waals surface area (Å²) in [6, 6.07) is 9.14. The highest BCUT2D eigenvalue weighted by Gasteiger charge is 2.31. The van der Waals surface area contributed by atoms with Crippen molar-refractivity contribution in [3.63, 3.8) is 0 Å². The summed E-state index contributed by atoms with van der Waals surface area (Å²) in [5, 5.41) is 0. The predicted molar refractivity (Wildman–Crippen MR) is 97.7 cm³/mol. The maximum atomic E-state index is 13.1. The van der Waals surface area contributed by atoms with Gasteiger partial charge in [0.1, 0.15) is 5.75 Å². The van der Waals surface area contributed by atoms with E-state index in [9.17, 15) is 22.8 Å². The summed E-state index contributed by atoms with van der Waals surface area (Å²) in [6.07, 6.45) is -4.81. The summed E-state index contributed by atoms with van der Waals surface area (Å²) in [5.41, 5.74) is 5.82. The van der Waals surface area contributed by atoms with Gasteiger partial charge in [-0.2, -0.15) is 0 Å². The van der Waals surface area contributed by atoms with E-state index in [2.05, 4.69) is 20.7 Å². The van der Waals surface area contributed by atoms with E-state index in [1.165, 1.54) is 23.1 Å². The number of hydrogen-bond acceptors (Lipinski definition) is 3. The van der Waals surface area contributed by atoms with Crippen LogP contribution in [0.2, 0.25) is 0 Å². The second-order valence-corrected chi connectivity index (χ2v) is 6.69. The molecule has 0 atom stereocenters.